The van der Waals surface area contributed by atoms with Crippen molar-refractivity contribution in [3.05, 3.63) is 28.5 Å². The van der Waals surface area contributed by atoms with E-state index in [0.717, 1.165) is 0 Å². The monoisotopic (exact) mass is 180 g/mol. The van der Waals surface area contributed by atoms with E-state index in [1.807, 2.05) is 0 Å². The number of carbonyl (C=O) groups is 2. The summed E-state index contributed by atoms with van der Waals surface area (Å²) in [6.07, 6.45) is 2.65. The molecule has 5 heteroatoms. The van der Waals surface area contributed by atoms with Gasteiger partial charge in [-0.3, -0.25) is 9.59 Å². The minimum Gasteiger partial charge on any atom is -0.374 e. The van der Waals surface area contributed by atoms with E-state index in [-0.39, 0.29) is 11.4 Å². The number of hydrogen-bond acceptors (Lipinski definition) is 5. The van der Waals surface area contributed by atoms with Gasteiger partial charge in [-0.05, 0) is 17.3 Å². The second kappa shape index (κ2) is 3.30. The summed E-state index contributed by atoms with van der Waals surface area (Å²) in [6.45, 7) is 0. The Balaban J connectivity index is 3.11. The van der Waals surface area contributed by atoms with E-state index in [9.17, 15) is 14.5 Å². The molecule has 0 heterocycles. The maximum absolute atomic E-state index is 11.2. The standard InChI is InChI=1S/C8H8N2O3/c1-10(2)6-4-3-5(9-13)7(11)8(6)12/h3-4H,1-2H3. The molecule has 0 saturated carbocycles. The number of rotatable bonds is 2. The van der Waals surface area contributed by atoms with Crippen molar-refractivity contribution in [2.24, 2.45) is 5.18 Å². The average molecular weight is 180 g/mol. The third kappa shape index (κ3) is 1.53. The van der Waals surface area contributed by atoms with E-state index in [2.05, 4.69) is 5.18 Å². The first-order chi connectivity index (χ1) is 6.07. The van der Waals surface area contributed by atoms with Gasteiger partial charge < -0.3 is 4.90 Å². The molecule has 0 amide bonds. The Labute approximate surface area is 74.7 Å². The van der Waals surface area contributed by atoms with E-state index < -0.39 is 11.6 Å². The SMILES string of the molecule is CN(C)C1=CC=C(N=O)C(=O)C1=O. The summed E-state index contributed by atoms with van der Waals surface area (Å²) in [5.74, 6) is -1.54. The second-order valence-electron chi connectivity index (χ2n) is 2.75. The Morgan fingerprint density at radius 2 is 1.77 bits per heavy atom. The van der Waals surface area contributed by atoms with Crippen molar-refractivity contribution in [3.63, 3.8) is 0 Å². The Bertz CT molecular complexity index is 339. The van der Waals surface area contributed by atoms with Crippen molar-refractivity contribution in [2.75, 3.05) is 14.1 Å². The summed E-state index contributed by atoms with van der Waals surface area (Å²) in [6, 6.07) is 0. The molecule has 5 nitrogen and oxygen atoms in total. The van der Waals surface area contributed by atoms with Gasteiger partial charge in [-0.2, -0.15) is 0 Å². The van der Waals surface area contributed by atoms with Crippen molar-refractivity contribution in [3.8, 4) is 0 Å². The lowest BCUT2D eigenvalue weighted by molar-refractivity contribution is -0.133. The molecule has 68 valence electrons. The van der Waals surface area contributed by atoms with Crippen LogP contribution in [0.5, 0.6) is 0 Å². The molecule has 0 aromatic carbocycles. The first kappa shape index (κ1) is 9.31. The van der Waals surface area contributed by atoms with Gasteiger partial charge in [-0.25, -0.2) is 0 Å². The highest BCUT2D eigenvalue weighted by Gasteiger charge is 2.27. The number of nitrogens with zero attached hydrogens (tertiary/aromatic N) is 2. The number of hydrogen-bond donors (Lipinski definition) is 0. The van der Waals surface area contributed by atoms with E-state index in [0.29, 0.717) is 0 Å². The van der Waals surface area contributed by atoms with Crippen LogP contribution in [-0.2, 0) is 9.59 Å². The third-order valence-corrected chi connectivity index (χ3v) is 1.65. The molecule has 0 N–H and O–H groups in total. The normalized spacial score (nSPS) is 16.5. The molecule has 0 radical (unpaired) electrons. The molecule has 0 fully saturated rings. The van der Waals surface area contributed by atoms with Gasteiger partial charge in [0.05, 0.1) is 5.70 Å². The number of allylic oxidation sites excluding steroid dienone is 4. The second-order valence-corrected chi connectivity index (χ2v) is 2.75. The lowest BCUT2D eigenvalue weighted by atomic mass is 10.1. The van der Waals surface area contributed by atoms with Crippen LogP contribution in [0.15, 0.2) is 28.7 Å². The predicted molar refractivity (Wildman–Crippen MR) is 45.7 cm³/mol. The summed E-state index contributed by atoms with van der Waals surface area (Å²) >= 11 is 0. The molecule has 0 saturated heterocycles. The fourth-order valence-electron chi connectivity index (χ4n) is 0.966. The van der Waals surface area contributed by atoms with Crippen LogP contribution in [0.1, 0.15) is 0 Å². The van der Waals surface area contributed by atoms with E-state index in [1.165, 1.54) is 17.1 Å². The molecule has 0 aromatic heterocycles. The van der Waals surface area contributed by atoms with Crippen LogP contribution in [0.25, 0.3) is 0 Å². The van der Waals surface area contributed by atoms with Crippen LogP contribution >= 0.6 is 0 Å². The summed E-state index contributed by atoms with van der Waals surface area (Å²) in [4.78, 5) is 33.9. The molecule has 0 aliphatic heterocycles. The van der Waals surface area contributed by atoms with E-state index in [1.54, 1.807) is 14.1 Å². The van der Waals surface area contributed by atoms with Crippen LogP contribution in [0.4, 0.5) is 0 Å². The number of ketones is 2. The van der Waals surface area contributed by atoms with Gasteiger partial charge in [-0.1, -0.05) is 0 Å². The van der Waals surface area contributed by atoms with Crippen molar-refractivity contribution in [1.82, 2.24) is 4.90 Å². The highest BCUT2D eigenvalue weighted by molar-refractivity contribution is 6.49. The lowest BCUT2D eigenvalue weighted by Gasteiger charge is -2.16. The first-order valence-electron chi connectivity index (χ1n) is 3.59. The van der Waals surface area contributed by atoms with Gasteiger partial charge in [0.2, 0.25) is 0 Å². The Morgan fingerprint density at radius 1 is 1.15 bits per heavy atom. The Kier molecular flexibility index (Phi) is 2.36. The number of likely N-dealkylation sites (N-methyl/N-ethyl adjacent to an activating group) is 1. The van der Waals surface area contributed by atoms with Gasteiger partial charge >= 0.3 is 0 Å². The fourth-order valence-corrected chi connectivity index (χ4v) is 0.966. The van der Waals surface area contributed by atoms with Crippen LogP contribution in [-0.4, -0.2) is 30.6 Å². The van der Waals surface area contributed by atoms with Crippen LogP contribution in [0.2, 0.25) is 0 Å². The predicted octanol–water partition coefficient (Wildman–Crippen LogP) is 0.234. The van der Waals surface area contributed by atoms with Gasteiger partial charge in [0.25, 0.3) is 11.6 Å². The molecule has 0 aromatic rings. The molecule has 0 atom stereocenters. The molecular weight excluding hydrogens is 172 g/mol. The third-order valence-electron chi connectivity index (χ3n) is 1.65. The minimum atomic E-state index is -0.846. The van der Waals surface area contributed by atoms with E-state index >= 15 is 0 Å². The minimum absolute atomic E-state index is 0.261. The Morgan fingerprint density at radius 3 is 2.23 bits per heavy atom. The highest BCUT2D eigenvalue weighted by Crippen LogP contribution is 2.13. The maximum Gasteiger partial charge on any atom is 0.256 e. The molecule has 1 aliphatic rings. The highest BCUT2D eigenvalue weighted by atomic mass is 16.3. The van der Waals surface area contributed by atoms with Crippen LogP contribution in [0, 0.1) is 4.91 Å². The van der Waals surface area contributed by atoms with Gasteiger partial charge in [0, 0.05) is 14.1 Å². The maximum atomic E-state index is 11.2. The first-order valence-corrected chi connectivity index (χ1v) is 3.59. The number of nitroso groups, excluding NO2 is 1. The zero-order valence-electron chi connectivity index (χ0n) is 7.27. The van der Waals surface area contributed by atoms with E-state index in [4.69, 9.17) is 0 Å². The van der Waals surface area contributed by atoms with Crippen molar-refractivity contribution >= 4 is 11.6 Å². The molecule has 0 bridgehead atoms. The molecular formula is C8H8N2O3. The van der Waals surface area contributed by atoms with Gasteiger partial charge in [0.15, 0.2) is 5.70 Å². The number of carbonyl (C=O) groups excluding carboxylic acids is 2. The van der Waals surface area contributed by atoms with Crippen molar-refractivity contribution < 1.29 is 9.59 Å². The molecule has 0 spiro atoms. The fraction of sp³-hybridized carbons (Fsp3) is 0.250. The lowest BCUT2D eigenvalue weighted by Crippen LogP contribution is -2.28. The summed E-state index contributed by atoms with van der Waals surface area (Å²) < 4.78 is 0. The molecule has 0 unspecified atom stereocenters. The molecule has 1 rings (SSSR count). The van der Waals surface area contributed by atoms with Crippen LogP contribution < -0.4 is 0 Å². The molecule has 1 aliphatic carbocycles. The number of Topliss-reactive ketones (excluding diaryl/α,β-unsaturated/α-hetero) is 2. The summed E-state index contributed by atoms with van der Waals surface area (Å²) in [5, 5.41) is 2.45. The largest absolute Gasteiger partial charge is 0.374 e. The quantitative estimate of drug-likeness (QED) is 0.346. The van der Waals surface area contributed by atoms with Crippen LogP contribution in [0.3, 0.4) is 0 Å². The summed E-state index contributed by atoms with van der Waals surface area (Å²) in [5.41, 5.74) is -0.0759. The van der Waals surface area contributed by atoms with Crippen molar-refractivity contribution in [2.45, 2.75) is 0 Å². The Hall–Kier alpha value is -1.78. The van der Waals surface area contributed by atoms with Crippen molar-refractivity contribution in [1.29, 1.82) is 0 Å². The zero-order chi connectivity index (χ0) is 10.0. The topological polar surface area (TPSA) is 66.8 Å². The van der Waals surface area contributed by atoms with Gasteiger partial charge in [0.1, 0.15) is 0 Å². The molecule has 13 heavy (non-hydrogen) atoms. The smallest absolute Gasteiger partial charge is 0.256 e. The summed E-state index contributed by atoms with van der Waals surface area (Å²) in [7, 11) is 3.29. The average Bonchev–Trinajstić information content (AvgIpc) is 2.09. The zero-order valence-corrected chi connectivity index (χ0v) is 7.27. The van der Waals surface area contributed by atoms with Gasteiger partial charge in [-0.15, -0.1) is 4.91 Å².